The highest BCUT2D eigenvalue weighted by Crippen LogP contribution is 2.13. The molecule has 1 amide bonds. The fraction of sp³-hybridized carbons (Fsp3) is 0.625. The van der Waals surface area contributed by atoms with Crippen LogP contribution in [0.25, 0.3) is 0 Å². The highest BCUT2D eigenvalue weighted by atomic mass is 16.2. The second kappa shape index (κ2) is 8.21. The van der Waals surface area contributed by atoms with E-state index in [1.165, 1.54) is 0 Å². The van der Waals surface area contributed by atoms with Gasteiger partial charge in [0.1, 0.15) is 5.82 Å². The Kier molecular flexibility index (Phi) is 5.77. The van der Waals surface area contributed by atoms with Crippen molar-refractivity contribution in [2.75, 3.05) is 32.7 Å². The second-order valence-electron chi connectivity index (χ2n) is 6.34. The molecule has 0 aliphatic carbocycles. The van der Waals surface area contributed by atoms with E-state index in [1.54, 1.807) is 17.1 Å². The number of nitrogens with zero attached hydrogens (tertiary/aromatic N) is 5. The smallest absolute Gasteiger partial charge is 0.274 e. The van der Waals surface area contributed by atoms with Gasteiger partial charge in [0.2, 0.25) is 0 Å². The van der Waals surface area contributed by atoms with Gasteiger partial charge in [-0.05, 0) is 13.3 Å². The summed E-state index contributed by atoms with van der Waals surface area (Å²) in [6, 6.07) is -0.160. The molecule has 3 rings (SSSR count). The molecule has 0 spiro atoms. The zero-order chi connectivity index (χ0) is 17.6. The van der Waals surface area contributed by atoms with Crippen LogP contribution in [-0.2, 0) is 6.54 Å². The molecular formula is C16H26N8O. The van der Waals surface area contributed by atoms with E-state index in [0.29, 0.717) is 5.69 Å². The Morgan fingerprint density at radius 3 is 2.84 bits per heavy atom. The van der Waals surface area contributed by atoms with Crippen LogP contribution in [0, 0.1) is 6.92 Å². The summed E-state index contributed by atoms with van der Waals surface area (Å²) in [5, 5.41) is 14.4. The van der Waals surface area contributed by atoms with Gasteiger partial charge in [0.25, 0.3) is 5.91 Å². The quantitative estimate of drug-likeness (QED) is 0.657. The fourth-order valence-electron chi connectivity index (χ4n) is 2.90. The van der Waals surface area contributed by atoms with Crippen molar-refractivity contribution in [2.24, 2.45) is 0 Å². The van der Waals surface area contributed by atoms with Crippen molar-refractivity contribution >= 4 is 5.91 Å². The monoisotopic (exact) mass is 346 g/mol. The number of aromatic amines is 1. The summed E-state index contributed by atoms with van der Waals surface area (Å²) >= 11 is 0. The summed E-state index contributed by atoms with van der Waals surface area (Å²) in [5.74, 6) is 0.536. The van der Waals surface area contributed by atoms with Crippen molar-refractivity contribution in [3.63, 3.8) is 0 Å². The molecule has 0 saturated carbocycles. The lowest BCUT2D eigenvalue weighted by atomic mass is 10.2. The average molecular weight is 346 g/mol. The van der Waals surface area contributed by atoms with Crippen molar-refractivity contribution in [1.82, 2.24) is 40.5 Å². The molecule has 3 N–H and O–H groups in total. The maximum Gasteiger partial charge on any atom is 0.274 e. The predicted molar refractivity (Wildman–Crippen MR) is 93.2 cm³/mol. The number of carbonyl (C=O) groups excluding carboxylic acids is 1. The number of H-pyrrole nitrogens is 1. The Morgan fingerprint density at radius 2 is 2.16 bits per heavy atom. The minimum absolute atomic E-state index is 0.160. The van der Waals surface area contributed by atoms with Crippen LogP contribution >= 0.6 is 0 Å². The molecule has 25 heavy (non-hydrogen) atoms. The average Bonchev–Trinajstić information content (AvgIpc) is 3.28. The Labute approximate surface area is 147 Å². The Morgan fingerprint density at radius 1 is 1.36 bits per heavy atom. The second-order valence-corrected chi connectivity index (χ2v) is 6.34. The molecule has 0 bridgehead atoms. The van der Waals surface area contributed by atoms with Crippen molar-refractivity contribution in [1.29, 1.82) is 0 Å². The normalized spacial score (nSPS) is 16.7. The maximum atomic E-state index is 12.4. The zero-order valence-electron chi connectivity index (χ0n) is 14.8. The van der Waals surface area contributed by atoms with Gasteiger partial charge in [0.15, 0.2) is 5.69 Å². The third-order valence-electron chi connectivity index (χ3n) is 4.39. The molecular weight excluding hydrogens is 320 g/mol. The van der Waals surface area contributed by atoms with E-state index in [9.17, 15) is 4.79 Å². The molecule has 1 unspecified atom stereocenters. The number of aryl methyl sites for hydroxylation is 1. The van der Waals surface area contributed by atoms with Crippen molar-refractivity contribution in [3.8, 4) is 0 Å². The minimum atomic E-state index is -0.227. The van der Waals surface area contributed by atoms with Gasteiger partial charge in [-0.3, -0.25) is 14.4 Å². The Hall–Kier alpha value is -2.26. The minimum Gasteiger partial charge on any atom is -0.344 e. The topological polar surface area (TPSA) is 104 Å². The SMILES string of the molecule is CCC(NC(=O)c1cn(CCN2CCNCC2)nn1)c1ncc(C)[nH]1. The van der Waals surface area contributed by atoms with Gasteiger partial charge in [0, 0.05) is 44.6 Å². The van der Waals surface area contributed by atoms with Crippen LogP contribution in [0.2, 0.25) is 0 Å². The lowest BCUT2D eigenvalue weighted by Gasteiger charge is -2.26. The highest BCUT2D eigenvalue weighted by molar-refractivity contribution is 5.92. The standard InChI is InChI=1S/C16H26N8O/c1-3-13(15-18-10-12(2)19-15)20-16(25)14-11-24(22-21-14)9-8-23-6-4-17-5-7-23/h10-11,13,17H,3-9H2,1-2H3,(H,18,19)(H,20,25). The number of hydrogen-bond acceptors (Lipinski definition) is 6. The molecule has 2 aromatic heterocycles. The van der Waals surface area contributed by atoms with E-state index >= 15 is 0 Å². The summed E-state index contributed by atoms with van der Waals surface area (Å²) in [6.07, 6.45) is 4.21. The zero-order valence-corrected chi connectivity index (χ0v) is 14.8. The van der Waals surface area contributed by atoms with Crippen molar-refractivity contribution in [3.05, 3.63) is 29.6 Å². The van der Waals surface area contributed by atoms with Crippen molar-refractivity contribution in [2.45, 2.75) is 32.9 Å². The summed E-state index contributed by atoms with van der Waals surface area (Å²) in [5.41, 5.74) is 1.31. The number of imidazole rings is 1. The van der Waals surface area contributed by atoms with Gasteiger partial charge in [0.05, 0.1) is 18.8 Å². The maximum absolute atomic E-state index is 12.4. The number of rotatable bonds is 7. The number of piperazine rings is 1. The summed E-state index contributed by atoms with van der Waals surface area (Å²) in [6.45, 7) is 9.73. The fourth-order valence-corrected chi connectivity index (χ4v) is 2.90. The molecule has 2 aromatic rings. The van der Waals surface area contributed by atoms with Crippen LogP contribution in [0.15, 0.2) is 12.4 Å². The molecule has 136 valence electrons. The molecule has 1 aliphatic heterocycles. The summed E-state index contributed by atoms with van der Waals surface area (Å²) in [4.78, 5) is 22.3. The van der Waals surface area contributed by atoms with Crippen LogP contribution in [0.5, 0.6) is 0 Å². The first-order valence-electron chi connectivity index (χ1n) is 8.81. The van der Waals surface area contributed by atoms with E-state index in [0.717, 1.165) is 57.2 Å². The molecule has 1 aliphatic rings. The van der Waals surface area contributed by atoms with E-state index in [4.69, 9.17) is 0 Å². The lowest BCUT2D eigenvalue weighted by molar-refractivity contribution is 0.0928. The summed E-state index contributed by atoms with van der Waals surface area (Å²) < 4.78 is 1.73. The number of nitrogens with one attached hydrogen (secondary N) is 3. The largest absolute Gasteiger partial charge is 0.344 e. The molecule has 1 fully saturated rings. The van der Waals surface area contributed by atoms with Crippen LogP contribution in [-0.4, -0.2) is 68.5 Å². The van der Waals surface area contributed by atoms with Crippen LogP contribution in [0.4, 0.5) is 0 Å². The van der Waals surface area contributed by atoms with Gasteiger partial charge in [-0.15, -0.1) is 5.10 Å². The number of amides is 1. The molecule has 0 aromatic carbocycles. The molecule has 1 atom stereocenters. The Bertz CT molecular complexity index is 688. The molecule has 9 nitrogen and oxygen atoms in total. The van der Waals surface area contributed by atoms with Gasteiger partial charge in [-0.1, -0.05) is 12.1 Å². The molecule has 9 heteroatoms. The van der Waals surface area contributed by atoms with E-state index in [2.05, 4.69) is 35.8 Å². The molecule has 0 radical (unpaired) electrons. The predicted octanol–water partition coefficient (Wildman–Crippen LogP) is 0.0959. The molecule has 3 heterocycles. The number of aromatic nitrogens is 5. The Balaban J connectivity index is 1.54. The van der Waals surface area contributed by atoms with E-state index in [1.807, 2.05) is 13.8 Å². The van der Waals surface area contributed by atoms with Crippen LogP contribution in [0.3, 0.4) is 0 Å². The van der Waals surface area contributed by atoms with E-state index < -0.39 is 0 Å². The first kappa shape index (κ1) is 17.6. The van der Waals surface area contributed by atoms with Crippen LogP contribution < -0.4 is 10.6 Å². The first-order valence-corrected chi connectivity index (χ1v) is 8.81. The van der Waals surface area contributed by atoms with Gasteiger partial charge in [-0.25, -0.2) is 4.98 Å². The van der Waals surface area contributed by atoms with Gasteiger partial charge < -0.3 is 15.6 Å². The van der Waals surface area contributed by atoms with Crippen molar-refractivity contribution < 1.29 is 4.79 Å². The number of hydrogen-bond donors (Lipinski definition) is 3. The van der Waals surface area contributed by atoms with Gasteiger partial charge in [-0.2, -0.15) is 0 Å². The lowest BCUT2D eigenvalue weighted by Crippen LogP contribution is -2.44. The number of carbonyl (C=O) groups is 1. The third-order valence-corrected chi connectivity index (χ3v) is 4.39. The third kappa shape index (κ3) is 4.64. The van der Waals surface area contributed by atoms with E-state index in [-0.39, 0.29) is 11.9 Å². The molecule has 1 saturated heterocycles. The summed E-state index contributed by atoms with van der Waals surface area (Å²) in [7, 11) is 0. The first-order chi connectivity index (χ1) is 12.2. The van der Waals surface area contributed by atoms with Gasteiger partial charge >= 0.3 is 0 Å². The highest BCUT2D eigenvalue weighted by Gasteiger charge is 2.19. The van der Waals surface area contributed by atoms with Crippen LogP contribution in [0.1, 0.15) is 41.4 Å².